The number of nitrogens with one attached hydrogen (secondary N) is 1. The fourth-order valence-corrected chi connectivity index (χ4v) is 3.39. The first-order valence-electron chi connectivity index (χ1n) is 8.83. The summed E-state index contributed by atoms with van der Waals surface area (Å²) >= 11 is 0. The van der Waals surface area contributed by atoms with Gasteiger partial charge in [-0.15, -0.1) is 0 Å². The fourth-order valence-electron chi connectivity index (χ4n) is 3.39. The second-order valence-electron chi connectivity index (χ2n) is 7.33. The highest BCUT2D eigenvalue weighted by Crippen LogP contribution is 2.41. The first-order valence-corrected chi connectivity index (χ1v) is 8.83. The van der Waals surface area contributed by atoms with E-state index < -0.39 is 0 Å². The SMILES string of the molecule is CCc1noc(CN(C)C(=O)N[C@@H]2CCC(C)(C)c3ccccc32)n1. The van der Waals surface area contributed by atoms with Crippen LogP contribution in [0.15, 0.2) is 28.8 Å². The van der Waals surface area contributed by atoms with Gasteiger partial charge in [0.05, 0.1) is 6.04 Å². The standard InChI is InChI=1S/C19H26N4O2/c1-5-16-21-17(25-22-16)12-23(4)18(24)20-15-10-11-19(2,3)14-9-7-6-8-13(14)15/h6-9,15H,5,10-12H2,1-4H3,(H,20,24)/t15-/m1/s1. The molecule has 1 aromatic heterocycles. The largest absolute Gasteiger partial charge is 0.337 e. The van der Waals surface area contributed by atoms with Crippen LogP contribution >= 0.6 is 0 Å². The Morgan fingerprint density at radius 3 is 2.88 bits per heavy atom. The molecule has 1 N–H and O–H groups in total. The predicted octanol–water partition coefficient (Wildman–Crippen LogP) is 3.59. The summed E-state index contributed by atoms with van der Waals surface area (Å²) in [6.45, 7) is 6.79. The lowest BCUT2D eigenvalue weighted by atomic mass is 9.71. The van der Waals surface area contributed by atoms with Crippen molar-refractivity contribution in [3.05, 3.63) is 47.1 Å². The number of aryl methyl sites for hydroxylation is 1. The van der Waals surface area contributed by atoms with Crippen LogP contribution in [0.1, 0.15) is 62.5 Å². The van der Waals surface area contributed by atoms with Gasteiger partial charge >= 0.3 is 6.03 Å². The lowest BCUT2D eigenvalue weighted by Crippen LogP contribution is -2.41. The van der Waals surface area contributed by atoms with Gasteiger partial charge in [-0.1, -0.05) is 50.2 Å². The summed E-state index contributed by atoms with van der Waals surface area (Å²) in [6.07, 6.45) is 2.69. The number of hydrogen-bond donors (Lipinski definition) is 1. The minimum atomic E-state index is -0.129. The highest BCUT2D eigenvalue weighted by molar-refractivity contribution is 5.74. The van der Waals surface area contributed by atoms with E-state index in [1.807, 2.05) is 13.0 Å². The van der Waals surface area contributed by atoms with E-state index in [1.165, 1.54) is 11.1 Å². The summed E-state index contributed by atoms with van der Waals surface area (Å²) in [5, 5.41) is 7.01. The molecule has 0 spiro atoms. The Labute approximate surface area is 148 Å². The number of rotatable bonds is 4. The van der Waals surface area contributed by atoms with Crippen LogP contribution in [0.3, 0.4) is 0 Å². The first kappa shape index (κ1) is 17.5. The van der Waals surface area contributed by atoms with E-state index in [9.17, 15) is 4.79 Å². The Morgan fingerprint density at radius 2 is 2.16 bits per heavy atom. The maximum absolute atomic E-state index is 12.6. The zero-order chi connectivity index (χ0) is 18.0. The molecule has 0 saturated heterocycles. The summed E-state index contributed by atoms with van der Waals surface area (Å²) in [5.41, 5.74) is 2.68. The van der Waals surface area contributed by atoms with E-state index >= 15 is 0 Å². The Balaban J connectivity index is 1.68. The lowest BCUT2D eigenvalue weighted by Gasteiger charge is -2.37. The van der Waals surface area contributed by atoms with Crippen molar-refractivity contribution in [2.45, 2.75) is 58.0 Å². The molecular formula is C19H26N4O2. The summed E-state index contributed by atoms with van der Waals surface area (Å²) in [7, 11) is 1.74. The van der Waals surface area contributed by atoms with Gasteiger partial charge in [-0.05, 0) is 29.4 Å². The summed E-state index contributed by atoms with van der Waals surface area (Å²) in [4.78, 5) is 18.4. The summed E-state index contributed by atoms with van der Waals surface area (Å²) in [5.74, 6) is 1.12. The molecule has 25 heavy (non-hydrogen) atoms. The van der Waals surface area contributed by atoms with Crippen LogP contribution in [0.25, 0.3) is 0 Å². The maximum Gasteiger partial charge on any atom is 0.318 e. The molecule has 134 valence electrons. The van der Waals surface area contributed by atoms with Crippen molar-refractivity contribution in [1.29, 1.82) is 0 Å². The average molecular weight is 342 g/mol. The number of aromatic nitrogens is 2. The normalized spacial score (nSPS) is 18.5. The Morgan fingerprint density at radius 1 is 1.40 bits per heavy atom. The van der Waals surface area contributed by atoms with Crippen molar-refractivity contribution >= 4 is 6.03 Å². The van der Waals surface area contributed by atoms with Gasteiger partial charge < -0.3 is 14.7 Å². The number of amides is 2. The molecule has 0 fully saturated rings. The molecule has 3 rings (SSSR count). The summed E-state index contributed by atoms with van der Waals surface area (Å²) < 4.78 is 5.17. The van der Waals surface area contributed by atoms with Crippen molar-refractivity contribution in [2.75, 3.05) is 7.05 Å². The van der Waals surface area contributed by atoms with Crippen molar-refractivity contribution in [3.63, 3.8) is 0 Å². The molecule has 1 atom stereocenters. The van der Waals surface area contributed by atoms with Crippen LogP contribution in [0, 0.1) is 0 Å². The van der Waals surface area contributed by atoms with Crippen molar-refractivity contribution in [3.8, 4) is 0 Å². The van der Waals surface area contributed by atoms with E-state index in [0.717, 1.165) is 12.8 Å². The molecule has 2 amide bonds. The van der Waals surface area contributed by atoms with E-state index in [2.05, 4.69) is 47.5 Å². The Hall–Kier alpha value is -2.37. The highest BCUT2D eigenvalue weighted by Gasteiger charge is 2.33. The molecule has 0 aliphatic heterocycles. The third-order valence-corrected chi connectivity index (χ3v) is 4.97. The number of fused-ring (bicyclic) bond motifs is 1. The molecule has 0 saturated carbocycles. The van der Waals surface area contributed by atoms with Gasteiger partial charge in [-0.25, -0.2) is 4.79 Å². The number of hydrogen-bond acceptors (Lipinski definition) is 4. The van der Waals surface area contributed by atoms with E-state index in [4.69, 9.17) is 4.52 Å². The van der Waals surface area contributed by atoms with Crippen LogP contribution < -0.4 is 5.32 Å². The molecule has 6 heteroatoms. The molecule has 1 aromatic carbocycles. The van der Waals surface area contributed by atoms with Crippen molar-refractivity contribution in [1.82, 2.24) is 20.4 Å². The van der Waals surface area contributed by atoms with Crippen molar-refractivity contribution < 1.29 is 9.32 Å². The number of carbonyl (C=O) groups is 1. The molecule has 1 aliphatic rings. The first-order chi connectivity index (χ1) is 11.9. The predicted molar refractivity (Wildman–Crippen MR) is 95.1 cm³/mol. The monoisotopic (exact) mass is 342 g/mol. The quantitative estimate of drug-likeness (QED) is 0.922. The minimum absolute atomic E-state index is 0.0352. The third kappa shape index (κ3) is 3.67. The molecule has 0 bridgehead atoms. The highest BCUT2D eigenvalue weighted by atomic mass is 16.5. The smallest absolute Gasteiger partial charge is 0.318 e. The lowest BCUT2D eigenvalue weighted by molar-refractivity contribution is 0.192. The molecule has 1 aliphatic carbocycles. The number of nitrogens with zero attached hydrogens (tertiary/aromatic N) is 3. The molecular weight excluding hydrogens is 316 g/mol. The molecule has 6 nitrogen and oxygen atoms in total. The van der Waals surface area contributed by atoms with Crippen LogP contribution in [0.5, 0.6) is 0 Å². The molecule has 2 aromatic rings. The molecule has 0 radical (unpaired) electrons. The van der Waals surface area contributed by atoms with Gasteiger partial charge in [-0.2, -0.15) is 4.98 Å². The van der Waals surface area contributed by atoms with Gasteiger partial charge in [0, 0.05) is 13.5 Å². The van der Waals surface area contributed by atoms with Crippen LogP contribution in [-0.4, -0.2) is 28.1 Å². The zero-order valence-corrected chi connectivity index (χ0v) is 15.4. The Kier molecular flexibility index (Phi) is 4.79. The fraction of sp³-hybridized carbons (Fsp3) is 0.526. The van der Waals surface area contributed by atoms with Crippen LogP contribution in [-0.2, 0) is 18.4 Å². The Bertz CT molecular complexity index is 753. The number of carbonyl (C=O) groups excluding carboxylic acids is 1. The van der Waals surface area contributed by atoms with Gasteiger partial charge in [0.2, 0.25) is 5.89 Å². The van der Waals surface area contributed by atoms with E-state index in [0.29, 0.717) is 24.7 Å². The van der Waals surface area contributed by atoms with E-state index in [-0.39, 0.29) is 17.5 Å². The van der Waals surface area contributed by atoms with Crippen LogP contribution in [0.4, 0.5) is 4.79 Å². The maximum atomic E-state index is 12.6. The zero-order valence-electron chi connectivity index (χ0n) is 15.4. The summed E-state index contributed by atoms with van der Waals surface area (Å²) in [6, 6.07) is 8.30. The van der Waals surface area contributed by atoms with Gasteiger partial charge in [-0.3, -0.25) is 0 Å². The van der Waals surface area contributed by atoms with Crippen molar-refractivity contribution in [2.24, 2.45) is 0 Å². The molecule has 0 unspecified atom stereocenters. The van der Waals surface area contributed by atoms with Gasteiger partial charge in [0.1, 0.15) is 6.54 Å². The third-order valence-electron chi connectivity index (χ3n) is 4.97. The molecule has 1 heterocycles. The average Bonchev–Trinajstić information content (AvgIpc) is 3.05. The number of urea groups is 1. The second-order valence-corrected chi connectivity index (χ2v) is 7.33. The van der Waals surface area contributed by atoms with Crippen LogP contribution in [0.2, 0.25) is 0 Å². The van der Waals surface area contributed by atoms with Gasteiger partial charge in [0.25, 0.3) is 0 Å². The van der Waals surface area contributed by atoms with E-state index in [1.54, 1.807) is 11.9 Å². The second kappa shape index (κ2) is 6.86. The van der Waals surface area contributed by atoms with Gasteiger partial charge in [0.15, 0.2) is 5.82 Å². The topological polar surface area (TPSA) is 71.3 Å². The minimum Gasteiger partial charge on any atom is -0.337 e. The number of benzene rings is 1.